The zero-order chi connectivity index (χ0) is 21.3. The number of amides is 2. The first-order valence-corrected chi connectivity index (χ1v) is 9.61. The molecule has 1 aromatic heterocycles. The van der Waals surface area contributed by atoms with E-state index in [1.807, 2.05) is 25.1 Å². The number of carbonyl (C=O) groups excluding carboxylic acids is 2. The van der Waals surface area contributed by atoms with Crippen LogP contribution in [0.4, 0.5) is 23.1 Å². The van der Waals surface area contributed by atoms with Gasteiger partial charge in [-0.2, -0.15) is 4.98 Å². The average Bonchev–Trinajstić information content (AvgIpc) is 2.70. The third kappa shape index (κ3) is 4.04. The third-order valence-electron chi connectivity index (χ3n) is 4.69. The van der Waals surface area contributed by atoms with Gasteiger partial charge in [-0.15, -0.1) is 0 Å². The topological polar surface area (TPSA) is 116 Å². The summed E-state index contributed by atoms with van der Waals surface area (Å²) >= 11 is 6.19. The number of rotatable bonds is 4. The highest BCUT2D eigenvalue weighted by Gasteiger charge is 2.35. The summed E-state index contributed by atoms with van der Waals surface area (Å²) in [5.41, 5.74) is 1.67. The Morgan fingerprint density at radius 2 is 1.93 bits per heavy atom. The maximum atomic E-state index is 12.9. The largest absolute Gasteiger partial charge is 0.326 e. The lowest BCUT2D eigenvalue weighted by molar-refractivity contribution is -0.123. The highest BCUT2D eigenvalue weighted by Crippen LogP contribution is 2.31. The van der Waals surface area contributed by atoms with Crippen molar-refractivity contribution in [3.05, 3.63) is 75.0 Å². The van der Waals surface area contributed by atoms with Gasteiger partial charge in [0.1, 0.15) is 5.82 Å². The number of halogens is 1. The molecule has 0 bridgehead atoms. The quantitative estimate of drug-likeness (QED) is 0.512. The van der Waals surface area contributed by atoms with Gasteiger partial charge in [0.15, 0.2) is 0 Å². The number of aryl methyl sites for hydroxylation is 1. The van der Waals surface area contributed by atoms with Crippen LogP contribution in [0.25, 0.3) is 0 Å². The summed E-state index contributed by atoms with van der Waals surface area (Å²) in [6.07, 6.45) is -0.168. The molecule has 1 aliphatic heterocycles. The second-order valence-electron chi connectivity index (χ2n) is 6.95. The monoisotopic (exact) mass is 423 g/mol. The molecule has 1 unspecified atom stereocenters. The smallest absolute Gasteiger partial charge is 0.258 e. The van der Waals surface area contributed by atoms with E-state index in [1.165, 1.54) is 0 Å². The average molecular weight is 424 g/mol. The van der Waals surface area contributed by atoms with Crippen LogP contribution < -0.4 is 21.5 Å². The van der Waals surface area contributed by atoms with E-state index in [2.05, 4.69) is 25.9 Å². The van der Waals surface area contributed by atoms with E-state index in [-0.39, 0.29) is 23.8 Å². The Morgan fingerprint density at radius 3 is 2.67 bits per heavy atom. The Morgan fingerprint density at radius 1 is 1.17 bits per heavy atom. The molecule has 0 saturated heterocycles. The minimum Gasteiger partial charge on any atom is -0.326 e. The van der Waals surface area contributed by atoms with Gasteiger partial charge in [-0.25, -0.2) is 0 Å². The fourth-order valence-electron chi connectivity index (χ4n) is 3.25. The molecule has 0 spiro atoms. The third-order valence-corrected chi connectivity index (χ3v) is 5.00. The molecule has 152 valence electrons. The summed E-state index contributed by atoms with van der Waals surface area (Å²) in [4.78, 5) is 44.8. The van der Waals surface area contributed by atoms with Crippen LogP contribution in [0.15, 0.2) is 53.3 Å². The minimum atomic E-state index is -0.992. The van der Waals surface area contributed by atoms with Crippen LogP contribution >= 0.6 is 11.6 Å². The van der Waals surface area contributed by atoms with Gasteiger partial charge in [0.05, 0.1) is 22.2 Å². The van der Waals surface area contributed by atoms with Gasteiger partial charge in [0.25, 0.3) is 5.56 Å². The second-order valence-corrected chi connectivity index (χ2v) is 7.35. The fraction of sp³-hybridized carbons (Fsp3) is 0.143. The van der Waals surface area contributed by atoms with Gasteiger partial charge < -0.3 is 16.0 Å². The predicted molar refractivity (Wildman–Crippen MR) is 115 cm³/mol. The number of benzene rings is 2. The van der Waals surface area contributed by atoms with E-state index >= 15 is 0 Å². The summed E-state index contributed by atoms with van der Waals surface area (Å²) in [5, 5.41) is 8.63. The number of aromatic nitrogens is 2. The molecule has 1 aliphatic rings. The molecule has 30 heavy (non-hydrogen) atoms. The molecule has 9 heteroatoms. The Balaban J connectivity index is 1.65. The lowest BCUT2D eigenvalue weighted by atomic mass is 9.92. The Hall–Kier alpha value is -3.65. The number of hydrogen-bond acceptors (Lipinski definition) is 5. The molecule has 0 radical (unpaired) electrons. The Labute approximate surface area is 176 Å². The van der Waals surface area contributed by atoms with Gasteiger partial charge in [-0.3, -0.25) is 19.4 Å². The lowest BCUT2D eigenvalue weighted by Crippen LogP contribution is -2.36. The van der Waals surface area contributed by atoms with Crippen molar-refractivity contribution < 1.29 is 9.59 Å². The molecule has 2 amide bonds. The van der Waals surface area contributed by atoms with Crippen molar-refractivity contribution in [2.24, 2.45) is 0 Å². The van der Waals surface area contributed by atoms with Crippen LogP contribution in [0, 0.1) is 6.92 Å². The molecular formula is C21H18ClN5O3. The molecule has 8 nitrogen and oxygen atoms in total. The van der Waals surface area contributed by atoms with Crippen LogP contribution in [-0.2, 0) is 9.59 Å². The van der Waals surface area contributed by atoms with Crippen molar-refractivity contribution in [2.45, 2.75) is 19.3 Å². The van der Waals surface area contributed by atoms with Crippen LogP contribution in [0.5, 0.6) is 0 Å². The summed E-state index contributed by atoms with van der Waals surface area (Å²) < 4.78 is 0. The number of nitrogens with one attached hydrogen (secondary N) is 4. The number of nitrogens with zero attached hydrogens (tertiary/aromatic N) is 1. The molecule has 0 fully saturated rings. The van der Waals surface area contributed by atoms with E-state index in [0.717, 1.165) is 5.56 Å². The normalized spacial score (nSPS) is 15.1. The summed E-state index contributed by atoms with van der Waals surface area (Å²) in [6.45, 7) is 1.88. The second kappa shape index (κ2) is 8.00. The standard InChI is InChI=1S/C21H18ClN5O3/c1-11-7-8-15(14(22)9-11)24-19(29)13-10-16(28)25-18-17(13)20(30)27-21(26-18)23-12-5-3-2-4-6-12/h2-9,13H,10H2,1H3,(H,24,29)(H3,23,25,26,27,28,30). The SMILES string of the molecule is Cc1ccc(NC(=O)C2CC(=O)Nc3nc(Nc4ccccc4)[nH]c(=O)c32)c(Cl)c1. The number of para-hydroxylation sites is 1. The van der Waals surface area contributed by atoms with Crippen LogP contribution in [0.2, 0.25) is 5.02 Å². The number of fused-ring (bicyclic) bond motifs is 1. The van der Waals surface area contributed by atoms with Gasteiger partial charge in [0, 0.05) is 12.1 Å². The predicted octanol–water partition coefficient (Wildman–Crippen LogP) is 3.54. The Bertz CT molecular complexity index is 1190. The van der Waals surface area contributed by atoms with Gasteiger partial charge in [-0.05, 0) is 36.8 Å². The van der Waals surface area contributed by atoms with Crippen molar-refractivity contribution in [1.29, 1.82) is 0 Å². The van der Waals surface area contributed by atoms with E-state index in [0.29, 0.717) is 16.4 Å². The van der Waals surface area contributed by atoms with Crippen LogP contribution in [0.3, 0.4) is 0 Å². The maximum absolute atomic E-state index is 12.9. The van der Waals surface area contributed by atoms with Crippen molar-refractivity contribution in [3.63, 3.8) is 0 Å². The zero-order valence-corrected chi connectivity index (χ0v) is 16.7. The molecule has 0 saturated carbocycles. The Kier molecular flexibility index (Phi) is 5.24. The van der Waals surface area contributed by atoms with E-state index in [4.69, 9.17) is 11.6 Å². The van der Waals surface area contributed by atoms with Gasteiger partial charge >= 0.3 is 0 Å². The summed E-state index contributed by atoms with van der Waals surface area (Å²) in [6, 6.07) is 14.3. The van der Waals surface area contributed by atoms with E-state index in [1.54, 1.807) is 30.3 Å². The number of hydrogen-bond donors (Lipinski definition) is 4. The molecule has 4 rings (SSSR count). The van der Waals surface area contributed by atoms with Crippen molar-refractivity contribution >= 4 is 46.6 Å². The van der Waals surface area contributed by atoms with Gasteiger partial charge in [0.2, 0.25) is 17.8 Å². The van der Waals surface area contributed by atoms with Crippen molar-refractivity contribution in [3.8, 4) is 0 Å². The fourth-order valence-corrected chi connectivity index (χ4v) is 3.54. The number of carbonyl (C=O) groups is 2. The van der Waals surface area contributed by atoms with Crippen LogP contribution in [0.1, 0.15) is 23.5 Å². The first kappa shape index (κ1) is 19.7. The van der Waals surface area contributed by atoms with Gasteiger partial charge in [-0.1, -0.05) is 35.9 Å². The van der Waals surface area contributed by atoms with E-state index < -0.39 is 23.3 Å². The maximum Gasteiger partial charge on any atom is 0.258 e. The molecule has 2 heterocycles. The first-order chi connectivity index (χ1) is 14.4. The zero-order valence-electron chi connectivity index (χ0n) is 16.0. The molecule has 1 atom stereocenters. The molecular weight excluding hydrogens is 406 g/mol. The number of aromatic amines is 1. The summed E-state index contributed by atoms with van der Waals surface area (Å²) in [5.74, 6) is -1.68. The number of anilines is 4. The highest BCUT2D eigenvalue weighted by atomic mass is 35.5. The highest BCUT2D eigenvalue weighted by molar-refractivity contribution is 6.33. The lowest BCUT2D eigenvalue weighted by Gasteiger charge is -2.24. The molecule has 0 aliphatic carbocycles. The first-order valence-electron chi connectivity index (χ1n) is 9.24. The minimum absolute atomic E-state index is 0.0589. The van der Waals surface area contributed by atoms with Crippen molar-refractivity contribution in [1.82, 2.24) is 9.97 Å². The molecule has 2 aromatic carbocycles. The van der Waals surface area contributed by atoms with Crippen molar-refractivity contribution in [2.75, 3.05) is 16.0 Å². The van der Waals surface area contributed by atoms with Crippen LogP contribution in [-0.4, -0.2) is 21.8 Å². The summed E-state index contributed by atoms with van der Waals surface area (Å²) in [7, 11) is 0. The number of H-pyrrole nitrogens is 1. The molecule has 3 aromatic rings. The van der Waals surface area contributed by atoms with E-state index in [9.17, 15) is 14.4 Å². The molecule has 4 N–H and O–H groups in total.